The number of piperazine rings is 1. The first-order valence-corrected chi connectivity index (χ1v) is 9.57. The summed E-state index contributed by atoms with van der Waals surface area (Å²) in [5.41, 5.74) is 1.39. The van der Waals surface area contributed by atoms with E-state index >= 15 is 0 Å². The Kier molecular flexibility index (Phi) is 4.65. The molecule has 3 aliphatic heterocycles. The molecule has 4 heterocycles. The molecule has 0 aliphatic carbocycles. The SMILES string of the molecule is Cc1cccc(N2CCN(C(=O)[C@H]3CC4(CCNCC4)CN3)CC2)n1. The number of pyridine rings is 1. The summed E-state index contributed by atoms with van der Waals surface area (Å²) in [6.45, 7) is 8.51. The molecular weight excluding hydrogens is 314 g/mol. The van der Waals surface area contributed by atoms with Crippen molar-refractivity contribution in [1.29, 1.82) is 0 Å². The van der Waals surface area contributed by atoms with E-state index in [1.54, 1.807) is 0 Å². The first-order valence-electron chi connectivity index (χ1n) is 9.57. The van der Waals surface area contributed by atoms with Crippen molar-refractivity contribution in [2.45, 2.75) is 32.2 Å². The van der Waals surface area contributed by atoms with Crippen molar-refractivity contribution < 1.29 is 4.79 Å². The molecular formula is C19H29N5O. The quantitative estimate of drug-likeness (QED) is 0.831. The second kappa shape index (κ2) is 6.92. The number of hydrogen-bond acceptors (Lipinski definition) is 5. The molecule has 6 nitrogen and oxygen atoms in total. The lowest BCUT2D eigenvalue weighted by atomic mass is 9.77. The van der Waals surface area contributed by atoms with Crippen LogP contribution in [0.3, 0.4) is 0 Å². The van der Waals surface area contributed by atoms with Crippen LogP contribution in [0.5, 0.6) is 0 Å². The molecule has 1 aromatic rings. The highest BCUT2D eigenvalue weighted by Gasteiger charge is 2.43. The van der Waals surface area contributed by atoms with Crippen LogP contribution in [-0.4, -0.2) is 67.6 Å². The van der Waals surface area contributed by atoms with E-state index in [0.717, 1.165) is 63.7 Å². The molecule has 4 rings (SSSR count). The van der Waals surface area contributed by atoms with Gasteiger partial charge in [0.1, 0.15) is 5.82 Å². The maximum atomic E-state index is 12.9. The van der Waals surface area contributed by atoms with E-state index < -0.39 is 0 Å². The van der Waals surface area contributed by atoms with Gasteiger partial charge in [-0.2, -0.15) is 0 Å². The van der Waals surface area contributed by atoms with E-state index in [-0.39, 0.29) is 6.04 Å². The predicted molar refractivity (Wildman–Crippen MR) is 98.7 cm³/mol. The molecule has 1 atom stereocenters. The Hall–Kier alpha value is -1.66. The highest BCUT2D eigenvalue weighted by atomic mass is 16.2. The monoisotopic (exact) mass is 343 g/mol. The van der Waals surface area contributed by atoms with Crippen LogP contribution in [0.4, 0.5) is 5.82 Å². The normalized spacial score (nSPS) is 26.2. The van der Waals surface area contributed by atoms with Crippen molar-refractivity contribution in [1.82, 2.24) is 20.5 Å². The number of rotatable bonds is 2. The lowest BCUT2D eigenvalue weighted by Crippen LogP contribution is -2.53. The molecule has 0 radical (unpaired) electrons. The fraction of sp³-hybridized carbons (Fsp3) is 0.684. The number of anilines is 1. The van der Waals surface area contributed by atoms with E-state index in [4.69, 9.17) is 0 Å². The van der Waals surface area contributed by atoms with E-state index in [1.165, 1.54) is 12.8 Å². The highest BCUT2D eigenvalue weighted by molar-refractivity contribution is 5.82. The average molecular weight is 343 g/mol. The topological polar surface area (TPSA) is 60.5 Å². The number of nitrogens with zero attached hydrogens (tertiary/aromatic N) is 3. The van der Waals surface area contributed by atoms with Gasteiger partial charge in [-0.25, -0.2) is 4.98 Å². The molecule has 6 heteroatoms. The van der Waals surface area contributed by atoms with Crippen molar-refractivity contribution in [3.05, 3.63) is 23.9 Å². The zero-order valence-electron chi connectivity index (χ0n) is 15.1. The minimum atomic E-state index is 0.0155. The van der Waals surface area contributed by atoms with Crippen LogP contribution < -0.4 is 15.5 Å². The molecule has 3 saturated heterocycles. The van der Waals surface area contributed by atoms with Gasteiger partial charge in [0.05, 0.1) is 6.04 Å². The number of carbonyl (C=O) groups excluding carboxylic acids is 1. The van der Waals surface area contributed by atoms with Gasteiger partial charge >= 0.3 is 0 Å². The van der Waals surface area contributed by atoms with Gasteiger partial charge in [-0.15, -0.1) is 0 Å². The maximum absolute atomic E-state index is 12.9. The Morgan fingerprint density at radius 2 is 1.96 bits per heavy atom. The van der Waals surface area contributed by atoms with Gasteiger partial charge in [0.25, 0.3) is 0 Å². The summed E-state index contributed by atoms with van der Waals surface area (Å²) in [6.07, 6.45) is 3.39. The van der Waals surface area contributed by atoms with Gasteiger partial charge in [-0.1, -0.05) is 6.07 Å². The Labute approximate surface area is 150 Å². The van der Waals surface area contributed by atoms with Crippen LogP contribution in [-0.2, 0) is 4.79 Å². The Morgan fingerprint density at radius 1 is 1.20 bits per heavy atom. The number of carbonyl (C=O) groups is 1. The first-order chi connectivity index (χ1) is 12.2. The summed E-state index contributed by atoms with van der Waals surface area (Å²) < 4.78 is 0. The molecule has 0 saturated carbocycles. The molecule has 0 aromatic carbocycles. The van der Waals surface area contributed by atoms with Crippen molar-refractivity contribution >= 4 is 11.7 Å². The Bertz CT molecular complexity index is 620. The zero-order chi connectivity index (χ0) is 17.3. The molecule has 1 spiro atoms. The third kappa shape index (κ3) is 3.51. The first kappa shape index (κ1) is 16.8. The van der Waals surface area contributed by atoms with Crippen molar-refractivity contribution in [3.8, 4) is 0 Å². The molecule has 25 heavy (non-hydrogen) atoms. The number of piperidine rings is 1. The predicted octanol–water partition coefficient (Wildman–Crippen LogP) is 0.770. The summed E-state index contributed by atoms with van der Waals surface area (Å²) in [6, 6.07) is 6.15. The second-order valence-corrected chi connectivity index (χ2v) is 7.84. The van der Waals surface area contributed by atoms with Crippen molar-refractivity contribution in [2.75, 3.05) is 50.7 Å². The van der Waals surface area contributed by atoms with Gasteiger partial charge in [-0.05, 0) is 56.8 Å². The fourth-order valence-corrected chi connectivity index (χ4v) is 4.51. The van der Waals surface area contributed by atoms with Crippen LogP contribution in [0.15, 0.2) is 18.2 Å². The molecule has 0 unspecified atom stereocenters. The average Bonchev–Trinajstić information content (AvgIpc) is 3.05. The lowest BCUT2D eigenvalue weighted by molar-refractivity contribution is -0.133. The molecule has 1 amide bonds. The Balaban J connectivity index is 1.32. The van der Waals surface area contributed by atoms with E-state index in [9.17, 15) is 4.79 Å². The number of nitrogens with one attached hydrogen (secondary N) is 2. The lowest BCUT2D eigenvalue weighted by Gasteiger charge is -2.37. The number of aromatic nitrogens is 1. The minimum Gasteiger partial charge on any atom is -0.353 e. The van der Waals surface area contributed by atoms with Gasteiger partial charge in [0.15, 0.2) is 0 Å². The van der Waals surface area contributed by atoms with Gasteiger partial charge in [-0.3, -0.25) is 4.79 Å². The molecule has 3 aliphatic rings. The van der Waals surface area contributed by atoms with Crippen molar-refractivity contribution in [3.63, 3.8) is 0 Å². The molecule has 2 N–H and O–H groups in total. The molecule has 1 aromatic heterocycles. The van der Waals surface area contributed by atoms with Crippen LogP contribution in [0.2, 0.25) is 0 Å². The largest absolute Gasteiger partial charge is 0.353 e. The van der Waals surface area contributed by atoms with Crippen LogP contribution in [0.25, 0.3) is 0 Å². The van der Waals surface area contributed by atoms with Crippen molar-refractivity contribution in [2.24, 2.45) is 5.41 Å². The van der Waals surface area contributed by atoms with E-state index in [0.29, 0.717) is 11.3 Å². The van der Waals surface area contributed by atoms with Gasteiger partial charge in [0, 0.05) is 38.4 Å². The standard InChI is InChI=1S/C19H29N5O/c1-15-3-2-4-17(22-15)23-9-11-24(12-10-23)18(25)16-13-19(14-21-16)5-7-20-8-6-19/h2-4,16,20-21H,5-14H2,1H3/t16-/m1/s1. The fourth-order valence-electron chi connectivity index (χ4n) is 4.51. The third-order valence-electron chi connectivity index (χ3n) is 6.11. The van der Waals surface area contributed by atoms with E-state index in [2.05, 4.69) is 32.7 Å². The van der Waals surface area contributed by atoms with Gasteiger partial charge < -0.3 is 20.4 Å². The van der Waals surface area contributed by atoms with E-state index in [1.807, 2.05) is 17.9 Å². The summed E-state index contributed by atoms with van der Waals surface area (Å²) in [5.74, 6) is 1.33. The molecule has 3 fully saturated rings. The maximum Gasteiger partial charge on any atom is 0.239 e. The third-order valence-corrected chi connectivity index (χ3v) is 6.11. The second-order valence-electron chi connectivity index (χ2n) is 7.84. The number of amides is 1. The minimum absolute atomic E-state index is 0.0155. The summed E-state index contributed by atoms with van der Waals surface area (Å²) in [4.78, 5) is 21.9. The molecule has 136 valence electrons. The van der Waals surface area contributed by atoms with Gasteiger partial charge in [0.2, 0.25) is 5.91 Å². The van der Waals surface area contributed by atoms with Crippen LogP contribution in [0.1, 0.15) is 25.0 Å². The summed E-state index contributed by atoms with van der Waals surface area (Å²) in [5, 5.41) is 6.95. The smallest absolute Gasteiger partial charge is 0.239 e. The number of aryl methyl sites for hydroxylation is 1. The highest BCUT2D eigenvalue weighted by Crippen LogP contribution is 2.37. The van der Waals surface area contributed by atoms with Crippen LogP contribution in [0, 0.1) is 12.3 Å². The summed E-state index contributed by atoms with van der Waals surface area (Å²) >= 11 is 0. The number of hydrogen-bond donors (Lipinski definition) is 2. The Morgan fingerprint density at radius 3 is 2.68 bits per heavy atom. The van der Waals surface area contributed by atoms with Crippen LogP contribution >= 0.6 is 0 Å². The summed E-state index contributed by atoms with van der Waals surface area (Å²) in [7, 11) is 0. The molecule has 0 bridgehead atoms. The zero-order valence-corrected chi connectivity index (χ0v) is 15.1.